The molecule has 1 heterocycles. The standard InChI is InChI=1S/C18H15F3N2O/c1-11-6-5-9-13-10-14(22-15(11)13)17(24)23-16(18(19,20)21)12-7-3-2-4-8-12/h2-10,16,22H,1H3,(H,23,24)/t16-/m0/s1. The summed E-state index contributed by atoms with van der Waals surface area (Å²) in [5, 5.41) is 2.86. The number of para-hydroxylation sites is 1. The van der Waals surface area contributed by atoms with Gasteiger partial charge < -0.3 is 10.3 Å². The van der Waals surface area contributed by atoms with Crippen molar-refractivity contribution in [3.63, 3.8) is 0 Å². The number of hydrogen-bond donors (Lipinski definition) is 2. The molecule has 3 aromatic rings. The van der Waals surface area contributed by atoms with Gasteiger partial charge in [-0.25, -0.2) is 0 Å². The van der Waals surface area contributed by atoms with Crippen LogP contribution >= 0.6 is 0 Å². The van der Waals surface area contributed by atoms with Gasteiger partial charge in [0.15, 0.2) is 6.04 Å². The molecule has 0 spiro atoms. The molecule has 0 aliphatic heterocycles. The Balaban J connectivity index is 1.91. The number of carbonyl (C=O) groups excluding carboxylic acids is 1. The molecule has 0 bridgehead atoms. The summed E-state index contributed by atoms with van der Waals surface area (Å²) in [6, 6.07) is 12.3. The zero-order valence-corrected chi connectivity index (χ0v) is 12.8. The summed E-state index contributed by atoms with van der Waals surface area (Å²) in [6.45, 7) is 1.86. The average molecular weight is 332 g/mol. The predicted molar refractivity (Wildman–Crippen MR) is 85.7 cm³/mol. The van der Waals surface area contributed by atoms with Crippen LogP contribution in [0.1, 0.15) is 27.7 Å². The summed E-state index contributed by atoms with van der Waals surface area (Å²) in [6.07, 6.45) is -4.58. The van der Waals surface area contributed by atoms with Gasteiger partial charge in [0.05, 0.1) is 0 Å². The molecule has 6 heteroatoms. The quantitative estimate of drug-likeness (QED) is 0.728. The van der Waals surface area contributed by atoms with Gasteiger partial charge in [0.1, 0.15) is 5.69 Å². The van der Waals surface area contributed by atoms with Crippen LogP contribution in [0.2, 0.25) is 0 Å². The third kappa shape index (κ3) is 3.13. The highest BCUT2D eigenvalue weighted by Crippen LogP contribution is 2.33. The van der Waals surface area contributed by atoms with Crippen molar-refractivity contribution in [1.82, 2.24) is 10.3 Å². The maximum atomic E-state index is 13.3. The van der Waals surface area contributed by atoms with Crippen LogP contribution in [0, 0.1) is 6.92 Å². The van der Waals surface area contributed by atoms with Crippen molar-refractivity contribution in [1.29, 1.82) is 0 Å². The number of halogens is 3. The highest BCUT2D eigenvalue weighted by Gasteiger charge is 2.42. The first-order valence-corrected chi connectivity index (χ1v) is 7.37. The van der Waals surface area contributed by atoms with Crippen molar-refractivity contribution in [3.8, 4) is 0 Å². The first-order valence-electron chi connectivity index (χ1n) is 7.37. The highest BCUT2D eigenvalue weighted by atomic mass is 19.4. The van der Waals surface area contributed by atoms with Crippen molar-refractivity contribution >= 4 is 16.8 Å². The number of aryl methyl sites for hydroxylation is 1. The van der Waals surface area contributed by atoms with E-state index in [1.807, 2.05) is 19.1 Å². The van der Waals surface area contributed by atoms with Crippen molar-refractivity contribution in [3.05, 3.63) is 71.4 Å². The van der Waals surface area contributed by atoms with Gasteiger partial charge in [0.25, 0.3) is 5.91 Å². The lowest BCUT2D eigenvalue weighted by atomic mass is 10.1. The Bertz CT molecular complexity index is 869. The van der Waals surface area contributed by atoms with Crippen LogP contribution in [0.5, 0.6) is 0 Å². The Morgan fingerprint density at radius 2 is 1.79 bits per heavy atom. The summed E-state index contributed by atoms with van der Waals surface area (Å²) < 4.78 is 40.0. The van der Waals surface area contributed by atoms with E-state index in [2.05, 4.69) is 10.3 Å². The molecule has 124 valence electrons. The lowest BCUT2D eigenvalue weighted by Crippen LogP contribution is -2.38. The Kier molecular flexibility index (Phi) is 4.05. The largest absolute Gasteiger partial charge is 0.412 e. The Hall–Kier alpha value is -2.76. The number of amides is 1. The number of aromatic nitrogens is 1. The van der Waals surface area contributed by atoms with E-state index in [1.165, 1.54) is 24.3 Å². The molecule has 0 saturated heterocycles. The number of fused-ring (bicyclic) bond motifs is 1. The molecule has 0 radical (unpaired) electrons. The molecule has 0 saturated carbocycles. The molecule has 2 N–H and O–H groups in total. The van der Waals surface area contributed by atoms with Gasteiger partial charge >= 0.3 is 6.18 Å². The molecule has 3 nitrogen and oxygen atoms in total. The first-order chi connectivity index (χ1) is 11.4. The number of benzene rings is 2. The van der Waals surface area contributed by atoms with E-state index in [4.69, 9.17) is 0 Å². The first kappa shape index (κ1) is 16.1. The summed E-state index contributed by atoms with van der Waals surface area (Å²) in [5.41, 5.74) is 1.75. The van der Waals surface area contributed by atoms with E-state index in [9.17, 15) is 18.0 Å². The number of aromatic amines is 1. The van der Waals surface area contributed by atoms with Gasteiger partial charge in [-0.15, -0.1) is 0 Å². The smallest absolute Gasteiger partial charge is 0.350 e. The van der Waals surface area contributed by atoms with Gasteiger partial charge in [-0.3, -0.25) is 4.79 Å². The van der Waals surface area contributed by atoms with Crippen LogP contribution in [0.25, 0.3) is 10.9 Å². The molecule has 1 atom stereocenters. The van der Waals surface area contributed by atoms with Crippen molar-refractivity contribution in [2.75, 3.05) is 0 Å². The lowest BCUT2D eigenvalue weighted by molar-refractivity contribution is -0.155. The molecule has 0 unspecified atom stereocenters. The highest BCUT2D eigenvalue weighted by molar-refractivity contribution is 5.98. The van der Waals surface area contributed by atoms with Crippen molar-refractivity contribution in [2.24, 2.45) is 0 Å². The fourth-order valence-corrected chi connectivity index (χ4v) is 2.64. The average Bonchev–Trinajstić information content (AvgIpc) is 2.98. The maximum absolute atomic E-state index is 13.3. The fraction of sp³-hybridized carbons (Fsp3) is 0.167. The Morgan fingerprint density at radius 1 is 1.08 bits per heavy atom. The minimum atomic E-state index is -4.58. The van der Waals surface area contributed by atoms with Gasteiger partial charge in [-0.05, 0) is 24.1 Å². The second-order valence-corrected chi connectivity index (χ2v) is 5.58. The maximum Gasteiger partial charge on any atom is 0.412 e. The molecule has 0 fully saturated rings. The molecule has 1 amide bonds. The van der Waals surface area contributed by atoms with Crippen LogP contribution in [0.3, 0.4) is 0 Å². The minimum absolute atomic E-state index is 0.00867. The van der Waals surface area contributed by atoms with Crippen LogP contribution < -0.4 is 5.32 Å². The Morgan fingerprint density at radius 3 is 2.42 bits per heavy atom. The van der Waals surface area contributed by atoms with Gasteiger partial charge in [0, 0.05) is 10.9 Å². The number of rotatable bonds is 3. The molecule has 2 aromatic carbocycles. The molecular formula is C18H15F3N2O. The van der Waals surface area contributed by atoms with E-state index in [-0.39, 0.29) is 11.3 Å². The number of nitrogens with one attached hydrogen (secondary N) is 2. The van der Waals surface area contributed by atoms with Gasteiger partial charge in [0.2, 0.25) is 0 Å². The second kappa shape index (κ2) is 6.03. The topological polar surface area (TPSA) is 44.9 Å². The van der Waals surface area contributed by atoms with E-state index < -0.39 is 18.1 Å². The second-order valence-electron chi connectivity index (χ2n) is 5.58. The monoisotopic (exact) mass is 332 g/mol. The molecular weight excluding hydrogens is 317 g/mol. The number of carbonyl (C=O) groups is 1. The van der Waals surface area contributed by atoms with E-state index in [1.54, 1.807) is 18.2 Å². The number of H-pyrrole nitrogens is 1. The number of alkyl halides is 3. The summed E-state index contributed by atoms with van der Waals surface area (Å²) in [5.74, 6) is -0.795. The summed E-state index contributed by atoms with van der Waals surface area (Å²) >= 11 is 0. The van der Waals surface area contributed by atoms with E-state index in [0.29, 0.717) is 0 Å². The fourth-order valence-electron chi connectivity index (χ4n) is 2.64. The van der Waals surface area contributed by atoms with Gasteiger partial charge in [-0.2, -0.15) is 13.2 Å². The number of hydrogen-bond acceptors (Lipinski definition) is 1. The molecule has 0 aliphatic carbocycles. The van der Waals surface area contributed by atoms with Crippen LogP contribution in [-0.4, -0.2) is 17.1 Å². The zero-order chi connectivity index (χ0) is 17.3. The SMILES string of the molecule is Cc1cccc2cc(C(=O)N[C@@H](c3ccccc3)C(F)(F)F)[nH]c12. The van der Waals surface area contributed by atoms with Crippen LogP contribution in [-0.2, 0) is 0 Å². The molecule has 0 aliphatic rings. The third-order valence-electron chi connectivity index (χ3n) is 3.84. The van der Waals surface area contributed by atoms with Gasteiger partial charge in [-0.1, -0.05) is 48.5 Å². The zero-order valence-electron chi connectivity index (χ0n) is 12.8. The summed E-state index contributed by atoms with van der Waals surface area (Å²) in [7, 11) is 0. The predicted octanol–water partition coefficient (Wildman–Crippen LogP) is 4.51. The minimum Gasteiger partial charge on any atom is -0.350 e. The summed E-state index contributed by atoms with van der Waals surface area (Å²) in [4.78, 5) is 15.2. The molecule has 3 rings (SSSR count). The van der Waals surface area contributed by atoms with Crippen LogP contribution in [0.15, 0.2) is 54.6 Å². The lowest BCUT2D eigenvalue weighted by Gasteiger charge is -2.21. The Labute approximate surface area is 136 Å². The van der Waals surface area contributed by atoms with E-state index in [0.717, 1.165) is 16.5 Å². The third-order valence-corrected chi connectivity index (χ3v) is 3.84. The van der Waals surface area contributed by atoms with Crippen molar-refractivity contribution in [2.45, 2.75) is 19.1 Å². The molecule has 1 aromatic heterocycles. The van der Waals surface area contributed by atoms with Crippen molar-refractivity contribution < 1.29 is 18.0 Å². The normalized spacial score (nSPS) is 13.0. The van der Waals surface area contributed by atoms with Crippen LogP contribution in [0.4, 0.5) is 13.2 Å². The molecule has 24 heavy (non-hydrogen) atoms. The van der Waals surface area contributed by atoms with E-state index >= 15 is 0 Å².